The predicted octanol–water partition coefficient (Wildman–Crippen LogP) is 4.09. The Balaban J connectivity index is 1.59. The van der Waals surface area contributed by atoms with Crippen molar-refractivity contribution in [2.24, 2.45) is 0 Å². The van der Waals surface area contributed by atoms with Crippen LogP contribution in [0, 0.1) is 6.92 Å². The van der Waals surface area contributed by atoms with E-state index in [9.17, 15) is 0 Å². The van der Waals surface area contributed by atoms with Crippen LogP contribution in [0.1, 0.15) is 29.4 Å². The van der Waals surface area contributed by atoms with Crippen LogP contribution in [0.5, 0.6) is 0 Å². The van der Waals surface area contributed by atoms with Crippen LogP contribution in [-0.2, 0) is 6.42 Å². The minimum Gasteiger partial charge on any atom is -0.459 e. The third-order valence-corrected chi connectivity index (χ3v) is 4.35. The quantitative estimate of drug-likeness (QED) is 0.767. The number of para-hydroxylation sites is 1. The minimum atomic E-state index is 0.212. The normalized spacial score (nSPS) is 12.9. The lowest BCUT2D eigenvalue weighted by molar-refractivity contribution is 0.453. The van der Waals surface area contributed by atoms with E-state index in [4.69, 9.17) is 4.42 Å². The molecule has 0 aliphatic rings. The molecule has 1 unspecified atom stereocenters. The number of benzene rings is 1. The number of nitrogens with zero attached hydrogens (tertiary/aromatic N) is 1. The topological polar surface area (TPSA) is 38.1 Å². The second-order valence-electron chi connectivity index (χ2n) is 5.00. The number of furan rings is 1. The summed E-state index contributed by atoms with van der Waals surface area (Å²) >= 11 is 1.73. The van der Waals surface area contributed by atoms with Gasteiger partial charge < -0.3 is 9.73 Å². The van der Waals surface area contributed by atoms with Gasteiger partial charge in [0.15, 0.2) is 0 Å². The van der Waals surface area contributed by atoms with Gasteiger partial charge in [-0.25, -0.2) is 4.98 Å². The first kappa shape index (κ1) is 13.3. The number of hydrogen-bond acceptors (Lipinski definition) is 4. The van der Waals surface area contributed by atoms with Crippen LogP contribution in [0.3, 0.4) is 0 Å². The first-order valence-corrected chi connectivity index (χ1v) is 7.73. The van der Waals surface area contributed by atoms with Crippen molar-refractivity contribution in [1.82, 2.24) is 10.3 Å². The number of rotatable bonds is 5. The molecule has 4 heteroatoms. The SMILES string of the molecule is Cc1csc(CCNC(C)c2cc3ccccc3o2)n1. The van der Waals surface area contributed by atoms with Gasteiger partial charge in [-0.1, -0.05) is 18.2 Å². The fourth-order valence-corrected chi connectivity index (χ4v) is 3.01. The van der Waals surface area contributed by atoms with E-state index in [-0.39, 0.29) is 6.04 Å². The van der Waals surface area contributed by atoms with Gasteiger partial charge in [0, 0.05) is 29.4 Å². The maximum Gasteiger partial charge on any atom is 0.134 e. The van der Waals surface area contributed by atoms with Crippen molar-refractivity contribution >= 4 is 22.3 Å². The first-order chi connectivity index (χ1) is 9.72. The van der Waals surface area contributed by atoms with E-state index in [2.05, 4.69) is 34.7 Å². The first-order valence-electron chi connectivity index (χ1n) is 6.85. The number of nitrogens with one attached hydrogen (secondary N) is 1. The van der Waals surface area contributed by atoms with Crippen LogP contribution in [-0.4, -0.2) is 11.5 Å². The van der Waals surface area contributed by atoms with Crippen molar-refractivity contribution in [3.05, 3.63) is 52.2 Å². The van der Waals surface area contributed by atoms with Crippen molar-refractivity contribution in [3.63, 3.8) is 0 Å². The average molecular weight is 286 g/mol. The molecular weight excluding hydrogens is 268 g/mol. The maximum atomic E-state index is 5.86. The van der Waals surface area contributed by atoms with Gasteiger partial charge in [0.25, 0.3) is 0 Å². The van der Waals surface area contributed by atoms with E-state index in [0.29, 0.717) is 0 Å². The summed E-state index contributed by atoms with van der Waals surface area (Å²) in [5.74, 6) is 0.988. The molecule has 104 valence electrons. The second-order valence-corrected chi connectivity index (χ2v) is 5.94. The van der Waals surface area contributed by atoms with E-state index in [1.807, 2.05) is 25.1 Å². The Bertz CT molecular complexity index is 668. The van der Waals surface area contributed by atoms with Gasteiger partial charge in [0.2, 0.25) is 0 Å². The molecule has 1 atom stereocenters. The van der Waals surface area contributed by atoms with Crippen LogP contribution >= 0.6 is 11.3 Å². The van der Waals surface area contributed by atoms with Crippen molar-refractivity contribution in [2.45, 2.75) is 26.3 Å². The zero-order valence-corrected chi connectivity index (χ0v) is 12.5. The van der Waals surface area contributed by atoms with Crippen LogP contribution in [0.25, 0.3) is 11.0 Å². The van der Waals surface area contributed by atoms with E-state index < -0.39 is 0 Å². The molecule has 20 heavy (non-hydrogen) atoms. The Morgan fingerprint density at radius 1 is 1.35 bits per heavy atom. The molecule has 0 radical (unpaired) electrons. The zero-order valence-electron chi connectivity index (χ0n) is 11.7. The standard InChI is InChI=1S/C16H18N2OS/c1-11-10-20-16(18-11)7-8-17-12(2)15-9-13-5-3-4-6-14(13)19-15/h3-6,9-10,12,17H,7-8H2,1-2H3. The summed E-state index contributed by atoms with van der Waals surface area (Å²) < 4.78 is 5.86. The Hall–Kier alpha value is -1.65. The van der Waals surface area contributed by atoms with E-state index >= 15 is 0 Å². The van der Waals surface area contributed by atoms with Gasteiger partial charge in [0.1, 0.15) is 11.3 Å². The summed E-state index contributed by atoms with van der Waals surface area (Å²) in [6, 6.07) is 10.4. The molecular formula is C16H18N2OS. The molecule has 0 aliphatic heterocycles. The highest BCUT2D eigenvalue weighted by Gasteiger charge is 2.10. The Morgan fingerprint density at radius 2 is 2.20 bits per heavy atom. The maximum absolute atomic E-state index is 5.86. The van der Waals surface area contributed by atoms with Gasteiger partial charge in [0.05, 0.1) is 11.0 Å². The molecule has 1 N–H and O–H groups in total. The summed E-state index contributed by atoms with van der Waals surface area (Å²) in [4.78, 5) is 4.47. The number of fused-ring (bicyclic) bond motifs is 1. The fourth-order valence-electron chi connectivity index (χ4n) is 2.23. The highest BCUT2D eigenvalue weighted by Crippen LogP contribution is 2.23. The minimum absolute atomic E-state index is 0.212. The molecule has 0 fully saturated rings. The monoisotopic (exact) mass is 286 g/mol. The smallest absolute Gasteiger partial charge is 0.134 e. The summed E-state index contributed by atoms with van der Waals surface area (Å²) in [6.07, 6.45) is 0.961. The number of aromatic nitrogens is 1. The fraction of sp³-hybridized carbons (Fsp3) is 0.312. The van der Waals surface area contributed by atoms with Gasteiger partial charge in [-0.3, -0.25) is 0 Å². The number of thiazole rings is 1. The lowest BCUT2D eigenvalue weighted by Gasteiger charge is -2.10. The van der Waals surface area contributed by atoms with Crippen molar-refractivity contribution in [3.8, 4) is 0 Å². The summed E-state index contributed by atoms with van der Waals surface area (Å²) in [5.41, 5.74) is 2.06. The number of hydrogen-bond donors (Lipinski definition) is 1. The number of aryl methyl sites for hydroxylation is 1. The van der Waals surface area contributed by atoms with E-state index in [1.54, 1.807) is 11.3 Å². The highest BCUT2D eigenvalue weighted by molar-refractivity contribution is 7.09. The van der Waals surface area contributed by atoms with Crippen molar-refractivity contribution in [2.75, 3.05) is 6.54 Å². The molecule has 0 bridgehead atoms. The van der Waals surface area contributed by atoms with Gasteiger partial charge >= 0.3 is 0 Å². The Kier molecular flexibility index (Phi) is 3.85. The summed E-state index contributed by atoms with van der Waals surface area (Å²) in [7, 11) is 0. The molecule has 3 nitrogen and oxygen atoms in total. The van der Waals surface area contributed by atoms with E-state index in [1.165, 1.54) is 5.01 Å². The lowest BCUT2D eigenvalue weighted by Crippen LogP contribution is -2.20. The van der Waals surface area contributed by atoms with Gasteiger partial charge in [-0.05, 0) is 26.0 Å². The Labute approximate surface area is 122 Å². The molecule has 1 aromatic carbocycles. The van der Waals surface area contributed by atoms with Crippen molar-refractivity contribution < 1.29 is 4.42 Å². The average Bonchev–Trinajstić information content (AvgIpc) is 3.04. The molecule has 0 amide bonds. The zero-order chi connectivity index (χ0) is 13.9. The summed E-state index contributed by atoms with van der Waals surface area (Å²) in [6.45, 7) is 5.07. The van der Waals surface area contributed by atoms with Gasteiger partial charge in [-0.2, -0.15) is 0 Å². The molecule has 2 heterocycles. The van der Waals surface area contributed by atoms with Crippen LogP contribution in [0.15, 0.2) is 40.1 Å². The van der Waals surface area contributed by atoms with Gasteiger partial charge in [-0.15, -0.1) is 11.3 Å². The van der Waals surface area contributed by atoms with Crippen molar-refractivity contribution in [1.29, 1.82) is 0 Å². The molecule has 0 saturated heterocycles. The van der Waals surface area contributed by atoms with Crippen LogP contribution in [0.2, 0.25) is 0 Å². The summed E-state index contributed by atoms with van der Waals surface area (Å²) in [5, 5.41) is 7.93. The Morgan fingerprint density at radius 3 is 2.95 bits per heavy atom. The van der Waals surface area contributed by atoms with E-state index in [0.717, 1.165) is 35.4 Å². The third-order valence-electron chi connectivity index (χ3n) is 3.33. The molecule has 2 aromatic heterocycles. The molecule has 3 rings (SSSR count). The highest BCUT2D eigenvalue weighted by atomic mass is 32.1. The third kappa shape index (κ3) is 2.92. The molecule has 0 spiro atoms. The molecule has 0 aliphatic carbocycles. The molecule has 3 aromatic rings. The van der Waals surface area contributed by atoms with Crippen LogP contribution in [0.4, 0.5) is 0 Å². The largest absolute Gasteiger partial charge is 0.459 e. The predicted molar refractivity (Wildman–Crippen MR) is 83.2 cm³/mol. The molecule has 0 saturated carbocycles. The lowest BCUT2D eigenvalue weighted by atomic mass is 10.2. The second kappa shape index (κ2) is 5.77. The van der Waals surface area contributed by atoms with Crippen LogP contribution < -0.4 is 5.32 Å².